The van der Waals surface area contributed by atoms with Crippen molar-refractivity contribution in [2.24, 2.45) is 11.8 Å². The lowest BCUT2D eigenvalue weighted by Crippen LogP contribution is -2.14. The first-order valence-corrected chi connectivity index (χ1v) is 26.9. The fourth-order valence-electron chi connectivity index (χ4n) is 10.3. The second-order valence-electron chi connectivity index (χ2n) is 20.1. The third kappa shape index (κ3) is 16.3. The first-order valence-electron chi connectivity index (χ1n) is 26.9. The lowest BCUT2D eigenvalue weighted by Gasteiger charge is -2.27. The summed E-state index contributed by atoms with van der Waals surface area (Å²) in [7, 11) is 0. The summed E-state index contributed by atoms with van der Waals surface area (Å²) >= 11 is 0. The zero-order valence-electron chi connectivity index (χ0n) is 48.5. The molecule has 0 aliphatic carbocycles. The molecule has 0 amide bonds. The molecule has 0 N–H and O–H groups in total. The molecule has 79 heavy (non-hydrogen) atoms. The SMILES string of the molecule is C=COc1cc(C)c(C(CCCC(c2cc(C)c(OC=C)cc2C)c2cc(C)c(OC=C)cc2C)c2cc(C)c(OC=C)cc2C)cc1C.C=COc1ccc(CC(C)C(C)Cc2ccc(OC=C)c(OC=C)c2)cc1OC=C. The molecule has 0 aromatic heterocycles. The van der Waals surface area contributed by atoms with Crippen LogP contribution in [0.2, 0.25) is 0 Å². The third-order valence-electron chi connectivity index (χ3n) is 14.5. The van der Waals surface area contributed by atoms with Crippen LogP contribution in [-0.4, -0.2) is 0 Å². The topological polar surface area (TPSA) is 73.8 Å². The summed E-state index contributed by atoms with van der Waals surface area (Å²) < 4.78 is 44.8. The van der Waals surface area contributed by atoms with Crippen LogP contribution in [0.3, 0.4) is 0 Å². The lowest BCUT2D eigenvalue weighted by molar-refractivity contribution is 0.379. The molecule has 0 fully saturated rings. The van der Waals surface area contributed by atoms with Crippen molar-refractivity contribution < 1.29 is 37.9 Å². The smallest absolute Gasteiger partial charge is 0.169 e. The fraction of sp³-hybridized carbons (Fsp3) is 0.268. The summed E-state index contributed by atoms with van der Waals surface area (Å²) in [5.41, 5.74) is 16.7. The Balaban J connectivity index is 0.000000327. The molecule has 0 spiro atoms. The van der Waals surface area contributed by atoms with Crippen LogP contribution in [0, 0.1) is 67.2 Å². The maximum absolute atomic E-state index is 5.75. The van der Waals surface area contributed by atoms with E-state index in [0.29, 0.717) is 34.8 Å². The van der Waals surface area contributed by atoms with Crippen molar-refractivity contribution in [1.29, 1.82) is 0 Å². The van der Waals surface area contributed by atoms with Gasteiger partial charge in [-0.15, -0.1) is 0 Å². The number of benzene rings is 6. The van der Waals surface area contributed by atoms with Crippen molar-refractivity contribution in [1.82, 2.24) is 0 Å². The van der Waals surface area contributed by atoms with Crippen LogP contribution >= 0.6 is 0 Å². The summed E-state index contributed by atoms with van der Waals surface area (Å²) in [5.74, 6) is 7.07. The van der Waals surface area contributed by atoms with Crippen LogP contribution in [0.15, 0.2) is 188 Å². The van der Waals surface area contributed by atoms with Gasteiger partial charge in [-0.05, 0) is 219 Å². The Labute approximate surface area is 472 Å². The quantitative estimate of drug-likeness (QED) is 0.0430. The van der Waals surface area contributed by atoms with Gasteiger partial charge in [0.1, 0.15) is 23.0 Å². The Morgan fingerprint density at radius 1 is 0.304 bits per heavy atom. The van der Waals surface area contributed by atoms with E-state index in [9.17, 15) is 0 Å². The molecule has 2 atom stereocenters. The van der Waals surface area contributed by atoms with Gasteiger partial charge in [-0.3, -0.25) is 0 Å². The zero-order chi connectivity index (χ0) is 57.8. The van der Waals surface area contributed by atoms with Crippen molar-refractivity contribution in [2.75, 3.05) is 0 Å². The molecule has 0 bridgehead atoms. The van der Waals surface area contributed by atoms with Crippen LogP contribution in [0.4, 0.5) is 0 Å². The van der Waals surface area contributed by atoms with E-state index in [4.69, 9.17) is 37.9 Å². The Hall–Kier alpha value is -8.36. The maximum atomic E-state index is 5.75. The molecule has 0 saturated carbocycles. The van der Waals surface area contributed by atoms with E-state index in [1.807, 2.05) is 24.3 Å². The van der Waals surface area contributed by atoms with Crippen LogP contribution in [0.1, 0.15) is 123 Å². The molecule has 0 radical (unpaired) electrons. The van der Waals surface area contributed by atoms with E-state index >= 15 is 0 Å². The minimum Gasteiger partial charge on any atom is -0.465 e. The molecule has 414 valence electrons. The number of hydrogen-bond donors (Lipinski definition) is 0. The number of aryl methyl sites for hydroxylation is 8. The largest absolute Gasteiger partial charge is 0.465 e. The third-order valence-corrected chi connectivity index (χ3v) is 14.5. The fourth-order valence-corrected chi connectivity index (χ4v) is 10.3. The van der Waals surface area contributed by atoms with Crippen LogP contribution in [0.25, 0.3) is 0 Å². The highest BCUT2D eigenvalue weighted by molar-refractivity contribution is 5.53. The average molecular weight is 1060 g/mol. The van der Waals surface area contributed by atoms with Gasteiger partial charge >= 0.3 is 0 Å². The molecule has 6 aromatic carbocycles. The van der Waals surface area contributed by atoms with Crippen LogP contribution in [-0.2, 0) is 12.8 Å². The van der Waals surface area contributed by atoms with Gasteiger partial charge in [0.2, 0.25) is 0 Å². The molecule has 0 heterocycles. The molecule has 2 unspecified atom stereocenters. The Kier molecular flexibility index (Phi) is 23.3. The number of hydrogen-bond acceptors (Lipinski definition) is 8. The highest BCUT2D eigenvalue weighted by Crippen LogP contribution is 2.43. The average Bonchev–Trinajstić information content (AvgIpc) is 3.43. The Bertz CT molecular complexity index is 2800. The molecular weight excluding hydrogens is 981 g/mol. The van der Waals surface area contributed by atoms with Gasteiger partial charge in [-0.2, -0.15) is 0 Å². The summed E-state index contributed by atoms with van der Waals surface area (Å²) in [5, 5.41) is 0. The first-order chi connectivity index (χ1) is 37.9. The van der Waals surface area contributed by atoms with Crippen LogP contribution < -0.4 is 37.9 Å². The standard InChI is InChI=1S/C45H52O4.C26H30O4/c1-13-46-42-24-28(5)38(20-32(42)9)36(39-21-33(10)43(47-14-2)25-29(39)6)18-17-19-37(40-22-34(11)44(48-15-3)26-30(40)7)41-23-35(12)45(49-16-4)27-31(41)8;1-7-27-23-13-11-21(17-25(23)29-9-3)15-19(5)20(6)16-22-12-14-24(28-8-2)26(18-22)30-10-4/h13-16,20-27,36-37H,1-4,17-19H2,5-12H3;7-14,17-20H,1-4,15-16H2,5-6H3. The predicted octanol–water partition coefficient (Wildman–Crippen LogP) is 19.2. The summed E-state index contributed by atoms with van der Waals surface area (Å²) in [6, 6.07) is 29.6. The van der Waals surface area contributed by atoms with Crippen molar-refractivity contribution in [3.8, 4) is 46.0 Å². The first kappa shape index (κ1) is 61.5. The van der Waals surface area contributed by atoms with E-state index in [1.165, 1.54) is 106 Å². The van der Waals surface area contributed by atoms with Gasteiger partial charge < -0.3 is 37.9 Å². The molecule has 8 nitrogen and oxygen atoms in total. The summed E-state index contributed by atoms with van der Waals surface area (Å²) in [6.45, 7) is 51.1. The minimum absolute atomic E-state index is 0.172. The molecule has 6 aromatic rings. The highest BCUT2D eigenvalue weighted by Gasteiger charge is 2.26. The zero-order valence-corrected chi connectivity index (χ0v) is 48.5. The summed E-state index contributed by atoms with van der Waals surface area (Å²) in [4.78, 5) is 0. The molecular formula is C71H82O8. The molecule has 6 rings (SSSR count). The monoisotopic (exact) mass is 1060 g/mol. The van der Waals surface area contributed by atoms with Crippen LogP contribution in [0.5, 0.6) is 46.0 Å². The Morgan fingerprint density at radius 2 is 0.544 bits per heavy atom. The van der Waals surface area contributed by atoms with Gasteiger partial charge in [0, 0.05) is 11.8 Å². The minimum atomic E-state index is 0.172. The second kappa shape index (κ2) is 30.0. The van der Waals surface area contributed by atoms with Crippen molar-refractivity contribution in [2.45, 2.75) is 113 Å². The predicted molar refractivity (Wildman–Crippen MR) is 326 cm³/mol. The Morgan fingerprint density at radius 3 is 0.797 bits per heavy atom. The van der Waals surface area contributed by atoms with Crippen molar-refractivity contribution in [3.05, 3.63) is 266 Å². The normalized spacial score (nSPS) is 11.4. The molecule has 0 aliphatic heterocycles. The van der Waals surface area contributed by atoms with E-state index in [0.717, 1.165) is 77.4 Å². The van der Waals surface area contributed by atoms with E-state index in [1.54, 1.807) is 0 Å². The highest BCUT2D eigenvalue weighted by atomic mass is 16.5. The lowest BCUT2D eigenvalue weighted by atomic mass is 9.78. The van der Waals surface area contributed by atoms with Gasteiger partial charge in [0.15, 0.2) is 23.0 Å². The maximum Gasteiger partial charge on any atom is 0.169 e. The van der Waals surface area contributed by atoms with Gasteiger partial charge in [-0.1, -0.05) is 109 Å². The molecule has 0 saturated heterocycles. The number of ether oxygens (including phenoxy) is 8. The van der Waals surface area contributed by atoms with Crippen molar-refractivity contribution in [3.63, 3.8) is 0 Å². The van der Waals surface area contributed by atoms with E-state index in [-0.39, 0.29) is 11.8 Å². The van der Waals surface area contributed by atoms with E-state index < -0.39 is 0 Å². The summed E-state index contributed by atoms with van der Waals surface area (Å²) in [6.07, 6.45) is 16.3. The van der Waals surface area contributed by atoms with Crippen molar-refractivity contribution >= 4 is 0 Å². The van der Waals surface area contributed by atoms with E-state index in [2.05, 4.69) is 183 Å². The van der Waals surface area contributed by atoms with Gasteiger partial charge in [0.25, 0.3) is 0 Å². The molecule has 0 aliphatic rings. The van der Waals surface area contributed by atoms with Gasteiger partial charge in [-0.25, -0.2) is 0 Å². The second-order valence-corrected chi connectivity index (χ2v) is 20.1. The van der Waals surface area contributed by atoms with Gasteiger partial charge in [0.05, 0.1) is 50.1 Å². The number of rotatable bonds is 29. The molecule has 8 heteroatoms.